The summed E-state index contributed by atoms with van der Waals surface area (Å²) in [6.07, 6.45) is 0. The summed E-state index contributed by atoms with van der Waals surface area (Å²) < 4.78 is 8.97. The molecule has 0 aliphatic carbocycles. The molecule has 0 saturated heterocycles. The van der Waals surface area contributed by atoms with Gasteiger partial charge in [-0.3, -0.25) is 0 Å². The second kappa shape index (κ2) is 6.13. The van der Waals surface area contributed by atoms with E-state index in [2.05, 4.69) is 19.7 Å². The fourth-order valence-electron chi connectivity index (χ4n) is 0.618. The summed E-state index contributed by atoms with van der Waals surface area (Å²) in [6.45, 7) is -0.108. The van der Waals surface area contributed by atoms with Gasteiger partial charge >= 0.3 is 5.97 Å². The van der Waals surface area contributed by atoms with Gasteiger partial charge in [-0.05, 0) is 0 Å². The predicted molar refractivity (Wildman–Crippen MR) is 44.3 cm³/mol. The lowest BCUT2D eigenvalue weighted by Crippen LogP contribution is -2.08. The Morgan fingerprint density at radius 3 is 2.46 bits per heavy atom. The van der Waals surface area contributed by atoms with Crippen molar-refractivity contribution in [3.63, 3.8) is 0 Å². The molecule has 0 atom stereocenters. The SMILES string of the molecule is CN=NC(C(=O)OC)=C(O)COC. The zero-order valence-corrected chi connectivity index (χ0v) is 7.77. The van der Waals surface area contributed by atoms with E-state index in [1.807, 2.05) is 0 Å². The molecule has 0 amide bonds. The van der Waals surface area contributed by atoms with Gasteiger partial charge < -0.3 is 14.6 Å². The Kier molecular flexibility index (Phi) is 5.45. The van der Waals surface area contributed by atoms with E-state index < -0.39 is 5.97 Å². The Labute approximate surface area is 75.9 Å². The highest BCUT2D eigenvalue weighted by molar-refractivity contribution is 5.88. The summed E-state index contributed by atoms with van der Waals surface area (Å²) in [5.41, 5.74) is -0.244. The number of aliphatic hydroxyl groups is 1. The third-order valence-corrected chi connectivity index (χ3v) is 1.13. The maximum atomic E-state index is 11.0. The van der Waals surface area contributed by atoms with E-state index in [1.54, 1.807) is 0 Å². The van der Waals surface area contributed by atoms with Crippen LogP contribution in [0.15, 0.2) is 21.7 Å². The summed E-state index contributed by atoms with van der Waals surface area (Å²) in [5.74, 6) is -1.06. The van der Waals surface area contributed by atoms with Crippen molar-refractivity contribution in [2.75, 3.05) is 27.9 Å². The number of hydrogen-bond donors (Lipinski definition) is 1. The van der Waals surface area contributed by atoms with Gasteiger partial charge in [-0.2, -0.15) is 5.11 Å². The largest absolute Gasteiger partial charge is 0.507 e. The molecule has 0 spiro atoms. The first-order chi connectivity index (χ1) is 6.17. The Morgan fingerprint density at radius 1 is 1.46 bits per heavy atom. The molecular weight excluding hydrogens is 176 g/mol. The first kappa shape index (κ1) is 11.6. The minimum atomic E-state index is -0.750. The molecule has 0 aromatic carbocycles. The monoisotopic (exact) mass is 188 g/mol. The Bertz CT molecular complexity index is 235. The molecule has 0 radical (unpaired) electrons. The van der Waals surface area contributed by atoms with Crippen molar-refractivity contribution in [2.45, 2.75) is 0 Å². The fourth-order valence-corrected chi connectivity index (χ4v) is 0.618. The molecule has 0 aromatic rings. The van der Waals surface area contributed by atoms with Crippen LogP contribution < -0.4 is 0 Å². The van der Waals surface area contributed by atoms with Crippen molar-refractivity contribution in [2.24, 2.45) is 10.2 Å². The minimum absolute atomic E-state index is 0.108. The quantitative estimate of drug-likeness (QED) is 0.304. The van der Waals surface area contributed by atoms with Gasteiger partial charge in [0.15, 0.2) is 5.76 Å². The van der Waals surface area contributed by atoms with E-state index in [0.29, 0.717) is 0 Å². The van der Waals surface area contributed by atoms with Crippen LogP contribution in [0.25, 0.3) is 0 Å². The van der Waals surface area contributed by atoms with Crippen LogP contribution in [0.2, 0.25) is 0 Å². The lowest BCUT2D eigenvalue weighted by atomic mass is 10.4. The summed E-state index contributed by atoms with van der Waals surface area (Å²) in [7, 11) is 3.95. The van der Waals surface area contributed by atoms with Gasteiger partial charge in [0, 0.05) is 14.2 Å². The zero-order chi connectivity index (χ0) is 10.3. The summed E-state index contributed by atoms with van der Waals surface area (Å²) in [5, 5.41) is 16.0. The second-order valence-electron chi connectivity index (χ2n) is 2.02. The second-order valence-corrected chi connectivity index (χ2v) is 2.02. The number of nitrogens with zero attached hydrogens (tertiary/aromatic N) is 2. The standard InChI is InChI=1S/C7H12N2O4/c1-8-9-6(7(11)13-3)5(10)4-12-2/h10H,4H2,1-3H3. The van der Waals surface area contributed by atoms with Crippen LogP contribution in [-0.2, 0) is 14.3 Å². The highest BCUT2D eigenvalue weighted by Crippen LogP contribution is 2.06. The van der Waals surface area contributed by atoms with E-state index in [-0.39, 0.29) is 18.1 Å². The average molecular weight is 188 g/mol. The molecule has 0 fully saturated rings. The van der Waals surface area contributed by atoms with Gasteiger partial charge in [0.25, 0.3) is 0 Å². The molecule has 74 valence electrons. The number of aliphatic hydroxyl groups excluding tert-OH is 1. The number of carbonyl (C=O) groups excluding carboxylic acids is 1. The molecule has 0 aliphatic heterocycles. The van der Waals surface area contributed by atoms with E-state index in [0.717, 1.165) is 0 Å². The Morgan fingerprint density at radius 2 is 2.08 bits per heavy atom. The molecule has 0 saturated carbocycles. The zero-order valence-electron chi connectivity index (χ0n) is 7.77. The maximum Gasteiger partial charge on any atom is 0.362 e. The third-order valence-electron chi connectivity index (χ3n) is 1.13. The number of methoxy groups -OCH3 is 2. The molecule has 0 rings (SSSR count). The van der Waals surface area contributed by atoms with E-state index >= 15 is 0 Å². The number of azo groups is 1. The lowest BCUT2D eigenvalue weighted by Gasteiger charge is -2.02. The van der Waals surface area contributed by atoms with Gasteiger partial charge in [-0.1, -0.05) is 0 Å². The molecule has 6 heteroatoms. The number of esters is 1. The molecule has 1 N–H and O–H groups in total. The Balaban J connectivity index is 4.76. The molecule has 0 heterocycles. The molecule has 0 unspecified atom stereocenters. The summed E-state index contributed by atoms with van der Waals surface area (Å²) in [6, 6.07) is 0. The van der Waals surface area contributed by atoms with Crippen LogP contribution >= 0.6 is 0 Å². The first-order valence-electron chi connectivity index (χ1n) is 3.46. The number of ether oxygens (including phenoxy) is 2. The number of rotatable bonds is 4. The molecule has 0 aliphatic rings. The minimum Gasteiger partial charge on any atom is -0.507 e. The topological polar surface area (TPSA) is 80.5 Å². The van der Waals surface area contributed by atoms with Crippen molar-refractivity contribution < 1.29 is 19.4 Å². The van der Waals surface area contributed by atoms with Crippen molar-refractivity contribution in [3.8, 4) is 0 Å². The third kappa shape index (κ3) is 3.66. The van der Waals surface area contributed by atoms with Gasteiger partial charge in [-0.25, -0.2) is 4.79 Å². The molecule has 13 heavy (non-hydrogen) atoms. The number of hydrogen-bond acceptors (Lipinski definition) is 6. The van der Waals surface area contributed by atoms with E-state index in [9.17, 15) is 9.90 Å². The van der Waals surface area contributed by atoms with Crippen LogP contribution in [0.5, 0.6) is 0 Å². The smallest absolute Gasteiger partial charge is 0.362 e. The molecule has 0 bridgehead atoms. The lowest BCUT2D eigenvalue weighted by molar-refractivity contribution is -0.136. The van der Waals surface area contributed by atoms with Gasteiger partial charge in [0.05, 0.1) is 7.11 Å². The van der Waals surface area contributed by atoms with E-state index in [1.165, 1.54) is 21.3 Å². The van der Waals surface area contributed by atoms with Crippen LogP contribution in [0.3, 0.4) is 0 Å². The average Bonchev–Trinajstić information content (AvgIpc) is 2.13. The first-order valence-corrected chi connectivity index (χ1v) is 3.46. The normalized spacial score (nSPS) is 12.8. The van der Waals surface area contributed by atoms with Crippen LogP contribution in [0.1, 0.15) is 0 Å². The van der Waals surface area contributed by atoms with E-state index in [4.69, 9.17) is 0 Å². The fraction of sp³-hybridized carbons (Fsp3) is 0.571. The molecule has 0 aromatic heterocycles. The van der Waals surface area contributed by atoms with Crippen molar-refractivity contribution in [1.82, 2.24) is 0 Å². The predicted octanol–water partition coefficient (Wildman–Crippen LogP) is 0.657. The van der Waals surface area contributed by atoms with Crippen LogP contribution in [-0.4, -0.2) is 38.9 Å². The highest BCUT2D eigenvalue weighted by atomic mass is 16.5. The van der Waals surface area contributed by atoms with Crippen molar-refractivity contribution in [3.05, 3.63) is 11.5 Å². The van der Waals surface area contributed by atoms with Crippen molar-refractivity contribution in [1.29, 1.82) is 0 Å². The van der Waals surface area contributed by atoms with Gasteiger partial charge in [0.1, 0.15) is 6.61 Å². The molecule has 6 nitrogen and oxygen atoms in total. The summed E-state index contributed by atoms with van der Waals surface area (Å²) >= 11 is 0. The van der Waals surface area contributed by atoms with Crippen LogP contribution in [0.4, 0.5) is 0 Å². The maximum absolute atomic E-state index is 11.0. The highest BCUT2D eigenvalue weighted by Gasteiger charge is 2.14. The summed E-state index contributed by atoms with van der Waals surface area (Å²) in [4.78, 5) is 11.0. The van der Waals surface area contributed by atoms with Crippen molar-refractivity contribution >= 4 is 5.97 Å². The Hall–Kier alpha value is -1.43. The van der Waals surface area contributed by atoms with Gasteiger partial charge in [0.2, 0.25) is 5.70 Å². The van der Waals surface area contributed by atoms with Gasteiger partial charge in [-0.15, -0.1) is 5.11 Å². The number of carbonyl (C=O) groups is 1. The molecular formula is C7H12N2O4. The van der Waals surface area contributed by atoms with Crippen LogP contribution in [0, 0.1) is 0 Å².